The summed E-state index contributed by atoms with van der Waals surface area (Å²) in [5.74, 6) is -0.271. The number of furan rings is 1. The van der Waals surface area contributed by atoms with Crippen molar-refractivity contribution in [1.29, 1.82) is 0 Å². The number of hydrogen-bond acceptors (Lipinski definition) is 5. The van der Waals surface area contributed by atoms with E-state index in [1.165, 1.54) is 32.5 Å². The summed E-state index contributed by atoms with van der Waals surface area (Å²) in [6.07, 6.45) is 1.65. The predicted octanol–water partition coefficient (Wildman–Crippen LogP) is 1.52. The minimum Gasteiger partial charge on any atom is -0.467 e. The Balaban J connectivity index is 1.67. The van der Waals surface area contributed by atoms with Crippen molar-refractivity contribution in [3.05, 3.63) is 48.4 Å². The second-order valence-corrected chi connectivity index (χ2v) is 8.71. The van der Waals surface area contributed by atoms with Gasteiger partial charge in [0, 0.05) is 32.7 Å². The summed E-state index contributed by atoms with van der Waals surface area (Å²) >= 11 is 0. The topological polar surface area (TPSA) is 99.9 Å². The van der Waals surface area contributed by atoms with Crippen molar-refractivity contribution in [2.45, 2.75) is 17.9 Å². The lowest BCUT2D eigenvalue weighted by atomic mass is 10.1. The van der Waals surface area contributed by atoms with Crippen molar-refractivity contribution in [3.8, 4) is 0 Å². The summed E-state index contributed by atoms with van der Waals surface area (Å²) < 4.78 is 30.8. The third-order valence-electron chi connectivity index (χ3n) is 4.39. The second-order valence-electron chi connectivity index (χ2n) is 6.56. The molecule has 144 valence electrons. The predicted molar refractivity (Wildman–Crippen MR) is 98.2 cm³/mol. The van der Waals surface area contributed by atoms with Crippen molar-refractivity contribution in [2.24, 2.45) is 5.92 Å². The second kappa shape index (κ2) is 7.53. The molecular formula is C18H21N3O5S. The van der Waals surface area contributed by atoms with Crippen LogP contribution in [0.15, 0.2) is 52.0 Å². The van der Waals surface area contributed by atoms with E-state index in [2.05, 4.69) is 5.32 Å². The maximum absolute atomic E-state index is 12.5. The summed E-state index contributed by atoms with van der Waals surface area (Å²) in [5.41, 5.74) is 0.375. The molecule has 0 bridgehead atoms. The highest BCUT2D eigenvalue weighted by Gasteiger charge is 2.34. The van der Waals surface area contributed by atoms with E-state index in [1.807, 2.05) is 0 Å². The Morgan fingerprint density at radius 1 is 1.30 bits per heavy atom. The molecule has 2 amide bonds. The number of likely N-dealkylation sites (tertiary alicyclic amines) is 1. The van der Waals surface area contributed by atoms with Crippen LogP contribution in [0.5, 0.6) is 0 Å². The minimum atomic E-state index is -3.59. The minimum absolute atomic E-state index is 0.0900. The van der Waals surface area contributed by atoms with Crippen molar-refractivity contribution in [3.63, 3.8) is 0 Å². The fourth-order valence-corrected chi connectivity index (χ4v) is 3.83. The largest absolute Gasteiger partial charge is 0.467 e. The van der Waals surface area contributed by atoms with E-state index < -0.39 is 15.9 Å². The molecule has 3 rings (SSSR count). The van der Waals surface area contributed by atoms with E-state index in [0.717, 1.165) is 4.31 Å². The molecule has 0 spiro atoms. The summed E-state index contributed by atoms with van der Waals surface area (Å²) in [6, 6.07) is 9.57. The molecule has 1 aliphatic rings. The van der Waals surface area contributed by atoms with Gasteiger partial charge in [0.2, 0.25) is 21.8 Å². The maximum atomic E-state index is 12.5. The average Bonchev–Trinajstić information content (AvgIpc) is 3.25. The summed E-state index contributed by atoms with van der Waals surface area (Å²) in [7, 11) is -0.706. The fraction of sp³-hybridized carbons (Fsp3) is 0.333. The lowest BCUT2D eigenvalue weighted by molar-refractivity contribution is -0.128. The molecule has 1 atom stereocenters. The molecule has 0 saturated carbocycles. The zero-order chi connectivity index (χ0) is 19.6. The zero-order valence-electron chi connectivity index (χ0n) is 15.1. The van der Waals surface area contributed by atoms with Crippen LogP contribution in [-0.2, 0) is 26.2 Å². The van der Waals surface area contributed by atoms with Crippen molar-refractivity contribution < 1.29 is 22.4 Å². The molecule has 0 aliphatic carbocycles. The van der Waals surface area contributed by atoms with Gasteiger partial charge >= 0.3 is 0 Å². The lowest BCUT2D eigenvalue weighted by Gasteiger charge is -2.15. The van der Waals surface area contributed by atoms with Gasteiger partial charge in [0.15, 0.2) is 0 Å². The molecule has 9 heteroatoms. The van der Waals surface area contributed by atoms with Crippen LogP contribution in [0.3, 0.4) is 0 Å². The van der Waals surface area contributed by atoms with Crippen LogP contribution in [0, 0.1) is 5.92 Å². The van der Waals surface area contributed by atoms with Crippen LogP contribution in [0.4, 0.5) is 5.69 Å². The lowest BCUT2D eigenvalue weighted by Crippen LogP contribution is -2.28. The molecule has 0 radical (unpaired) electrons. The number of anilines is 1. The number of carbonyl (C=O) groups is 2. The molecule has 0 unspecified atom stereocenters. The Bertz CT molecular complexity index is 938. The maximum Gasteiger partial charge on any atom is 0.242 e. The van der Waals surface area contributed by atoms with Crippen LogP contribution in [0.2, 0.25) is 0 Å². The molecule has 1 aromatic carbocycles. The van der Waals surface area contributed by atoms with Crippen molar-refractivity contribution in [1.82, 2.24) is 9.21 Å². The van der Waals surface area contributed by atoms with Gasteiger partial charge in [0.05, 0.1) is 23.6 Å². The van der Waals surface area contributed by atoms with Crippen LogP contribution in [0.1, 0.15) is 12.2 Å². The van der Waals surface area contributed by atoms with E-state index in [9.17, 15) is 18.0 Å². The van der Waals surface area contributed by atoms with Gasteiger partial charge in [-0.15, -0.1) is 0 Å². The zero-order valence-corrected chi connectivity index (χ0v) is 15.9. The molecule has 1 N–H and O–H groups in total. The number of sulfonamides is 1. The normalized spacial score (nSPS) is 17.5. The highest BCUT2D eigenvalue weighted by Crippen LogP contribution is 2.23. The van der Waals surface area contributed by atoms with Gasteiger partial charge in [0.25, 0.3) is 0 Å². The van der Waals surface area contributed by atoms with Crippen molar-refractivity contribution >= 4 is 27.5 Å². The van der Waals surface area contributed by atoms with Gasteiger partial charge in [-0.3, -0.25) is 9.59 Å². The van der Waals surface area contributed by atoms with Gasteiger partial charge in [-0.05, 0) is 30.3 Å². The van der Waals surface area contributed by atoms with Crippen LogP contribution in [0.25, 0.3) is 0 Å². The van der Waals surface area contributed by atoms with E-state index in [0.29, 0.717) is 24.5 Å². The Morgan fingerprint density at radius 2 is 2.07 bits per heavy atom. The van der Waals surface area contributed by atoms with Gasteiger partial charge in [-0.25, -0.2) is 12.7 Å². The number of nitrogens with zero attached hydrogens (tertiary/aromatic N) is 2. The van der Waals surface area contributed by atoms with Crippen LogP contribution < -0.4 is 5.32 Å². The Morgan fingerprint density at radius 3 is 2.74 bits per heavy atom. The van der Waals surface area contributed by atoms with E-state index in [1.54, 1.807) is 29.2 Å². The first-order chi connectivity index (χ1) is 12.8. The number of hydrogen-bond donors (Lipinski definition) is 1. The summed E-state index contributed by atoms with van der Waals surface area (Å²) in [5, 5.41) is 2.71. The van der Waals surface area contributed by atoms with Gasteiger partial charge in [-0.2, -0.15) is 0 Å². The third kappa shape index (κ3) is 4.20. The van der Waals surface area contributed by atoms with Gasteiger partial charge in [-0.1, -0.05) is 6.07 Å². The monoisotopic (exact) mass is 391 g/mol. The first-order valence-corrected chi connectivity index (χ1v) is 9.85. The van der Waals surface area contributed by atoms with Crippen LogP contribution in [-0.4, -0.2) is 50.1 Å². The average molecular weight is 391 g/mol. The van der Waals surface area contributed by atoms with Crippen molar-refractivity contribution in [2.75, 3.05) is 26.0 Å². The number of carbonyl (C=O) groups excluding carboxylic acids is 2. The Labute approximate surface area is 157 Å². The van der Waals surface area contributed by atoms with E-state index >= 15 is 0 Å². The van der Waals surface area contributed by atoms with E-state index in [-0.39, 0.29) is 23.1 Å². The molecule has 2 aromatic rings. The smallest absolute Gasteiger partial charge is 0.242 e. The number of nitrogens with one attached hydrogen (secondary N) is 1. The SMILES string of the molecule is CN(C)S(=O)(=O)c1cccc(NC(=O)[C@H]2CC(=O)N(Cc3ccco3)C2)c1. The molecule has 1 fully saturated rings. The van der Waals surface area contributed by atoms with E-state index in [4.69, 9.17) is 4.42 Å². The first-order valence-electron chi connectivity index (χ1n) is 8.41. The van der Waals surface area contributed by atoms with Gasteiger partial charge < -0.3 is 14.6 Å². The van der Waals surface area contributed by atoms with Crippen LogP contribution >= 0.6 is 0 Å². The standard InChI is InChI=1S/C18H21N3O5S/c1-20(2)27(24,25)16-7-3-5-14(10-16)19-18(23)13-9-17(22)21(11-13)12-15-6-4-8-26-15/h3-8,10,13H,9,11-12H2,1-2H3,(H,19,23)/t13-/m0/s1. The summed E-state index contributed by atoms with van der Waals surface area (Å²) in [4.78, 5) is 26.3. The number of benzene rings is 1. The number of amides is 2. The molecule has 1 aromatic heterocycles. The van der Waals surface area contributed by atoms with Gasteiger partial charge in [0.1, 0.15) is 5.76 Å². The third-order valence-corrected chi connectivity index (χ3v) is 6.20. The Kier molecular flexibility index (Phi) is 5.33. The highest BCUT2D eigenvalue weighted by atomic mass is 32.2. The molecule has 27 heavy (non-hydrogen) atoms. The molecule has 1 saturated heterocycles. The molecular weight excluding hydrogens is 370 g/mol. The highest BCUT2D eigenvalue weighted by molar-refractivity contribution is 7.89. The Hall–Kier alpha value is -2.65. The quantitative estimate of drug-likeness (QED) is 0.805. The summed E-state index contributed by atoms with van der Waals surface area (Å²) in [6.45, 7) is 0.618. The molecule has 8 nitrogen and oxygen atoms in total. The molecule has 2 heterocycles. The first kappa shape index (κ1) is 19.1. The molecule has 1 aliphatic heterocycles. The fourth-order valence-electron chi connectivity index (χ4n) is 2.88. The number of rotatable bonds is 6.